The Hall–Kier alpha value is -1.54. The summed E-state index contributed by atoms with van der Waals surface area (Å²) in [7, 11) is -1.48. The Morgan fingerprint density at radius 1 is 1.23 bits per heavy atom. The van der Waals surface area contributed by atoms with Crippen molar-refractivity contribution in [3.8, 4) is 0 Å². The molecule has 8 heteroatoms. The number of hydrogen-bond acceptors (Lipinski definition) is 6. The Kier molecular flexibility index (Phi) is 7.85. The van der Waals surface area contributed by atoms with Crippen LogP contribution >= 0.6 is 0 Å². The van der Waals surface area contributed by atoms with Crippen LogP contribution in [0, 0.1) is 24.7 Å². The van der Waals surface area contributed by atoms with Gasteiger partial charge < -0.3 is 9.64 Å². The first-order chi connectivity index (χ1) is 14.3. The van der Waals surface area contributed by atoms with Gasteiger partial charge >= 0.3 is 0 Å². The smallest absolute Gasteiger partial charge is 0.257 e. The summed E-state index contributed by atoms with van der Waals surface area (Å²) < 4.78 is 27.8. The zero-order chi connectivity index (χ0) is 21.7. The Morgan fingerprint density at radius 3 is 2.53 bits per heavy atom. The third-order valence-corrected chi connectivity index (χ3v) is 8.28. The highest BCUT2D eigenvalue weighted by Gasteiger charge is 2.38. The maximum absolute atomic E-state index is 12.4. The van der Waals surface area contributed by atoms with Crippen molar-refractivity contribution in [2.75, 3.05) is 31.7 Å². The van der Waals surface area contributed by atoms with Gasteiger partial charge in [-0.05, 0) is 43.9 Å². The van der Waals surface area contributed by atoms with E-state index in [0.29, 0.717) is 17.1 Å². The Bertz CT molecular complexity index is 829. The molecule has 1 aliphatic heterocycles. The lowest BCUT2D eigenvalue weighted by atomic mass is 9.86. The standard InChI is InChI=1S/C12H17N3O4S.C10H18/c1-9-13-7-10(11(14-9)8-19-2)12(16)15-3-5-20(17,18)6-4-15;1-2-3-9-6-8-4-5-10(9)7-8/h7H,3-6,8H2,1-2H3;8-10H,2-7H2,1H3/t;8?,9-,10?/m.1/s1. The van der Waals surface area contributed by atoms with Crippen LogP contribution in [-0.4, -0.2) is 60.9 Å². The molecule has 2 aliphatic carbocycles. The summed E-state index contributed by atoms with van der Waals surface area (Å²) in [5.41, 5.74) is 0.898. The van der Waals surface area contributed by atoms with E-state index in [4.69, 9.17) is 4.74 Å². The summed E-state index contributed by atoms with van der Waals surface area (Å²) in [6.45, 7) is 4.70. The van der Waals surface area contributed by atoms with Gasteiger partial charge in [0.05, 0.1) is 29.4 Å². The minimum absolute atomic E-state index is 0.00503. The number of rotatable bonds is 5. The molecule has 0 radical (unpaired) electrons. The molecule has 2 heterocycles. The second-order valence-electron chi connectivity index (χ2n) is 8.88. The molecule has 7 nitrogen and oxygen atoms in total. The molecule has 3 aliphatic rings. The molecule has 1 amide bonds. The van der Waals surface area contributed by atoms with Gasteiger partial charge in [0, 0.05) is 26.4 Å². The molecule has 4 rings (SSSR count). The monoisotopic (exact) mass is 437 g/mol. The van der Waals surface area contributed by atoms with Crippen LogP contribution < -0.4 is 0 Å². The number of sulfone groups is 1. The summed E-state index contributed by atoms with van der Waals surface area (Å²) in [5, 5.41) is 0. The number of ether oxygens (including phenoxy) is 1. The van der Waals surface area contributed by atoms with Crippen LogP contribution in [0.15, 0.2) is 6.20 Å². The van der Waals surface area contributed by atoms with Gasteiger partial charge in [-0.15, -0.1) is 0 Å². The summed E-state index contributed by atoms with van der Waals surface area (Å²) in [6, 6.07) is 0. The lowest BCUT2D eigenvalue weighted by molar-refractivity contribution is 0.0763. The predicted molar refractivity (Wildman–Crippen MR) is 116 cm³/mol. The van der Waals surface area contributed by atoms with Gasteiger partial charge in [-0.3, -0.25) is 4.79 Å². The van der Waals surface area contributed by atoms with Crippen molar-refractivity contribution in [2.24, 2.45) is 17.8 Å². The number of fused-ring (bicyclic) bond motifs is 2. The first-order valence-electron chi connectivity index (χ1n) is 11.1. The van der Waals surface area contributed by atoms with Gasteiger partial charge in [-0.25, -0.2) is 18.4 Å². The number of carbonyl (C=O) groups excluding carboxylic acids is 1. The molecule has 0 spiro atoms. The largest absolute Gasteiger partial charge is 0.378 e. The predicted octanol–water partition coefficient (Wildman–Crippen LogP) is 3.02. The summed E-state index contributed by atoms with van der Waals surface area (Å²) >= 11 is 0. The molecule has 2 saturated carbocycles. The zero-order valence-electron chi connectivity index (χ0n) is 18.5. The van der Waals surface area contributed by atoms with E-state index in [1.54, 1.807) is 32.6 Å². The van der Waals surface area contributed by atoms with E-state index in [-0.39, 0.29) is 37.1 Å². The maximum Gasteiger partial charge on any atom is 0.257 e. The van der Waals surface area contributed by atoms with Gasteiger partial charge in [0.2, 0.25) is 0 Å². The van der Waals surface area contributed by atoms with Crippen molar-refractivity contribution >= 4 is 15.7 Å². The highest BCUT2D eigenvalue weighted by atomic mass is 32.2. The van der Waals surface area contributed by atoms with Gasteiger partial charge in [-0.2, -0.15) is 0 Å². The quantitative estimate of drug-likeness (QED) is 0.703. The highest BCUT2D eigenvalue weighted by Crippen LogP contribution is 2.49. The topological polar surface area (TPSA) is 89.5 Å². The number of methoxy groups -OCH3 is 1. The van der Waals surface area contributed by atoms with Gasteiger partial charge in [0.1, 0.15) is 5.82 Å². The average molecular weight is 438 g/mol. The van der Waals surface area contributed by atoms with Crippen molar-refractivity contribution < 1.29 is 17.9 Å². The van der Waals surface area contributed by atoms with Crippen molar-refractivity contribution in [2.45, 2.75) is 59.0 Å². The molecule has 3 fully saturated rings. The second kappa shape index (κ2) is 10.2. The van der Waals surface area contributed by atoms with Crippen LogP contribution in [0.4, 0.5) is 0 Å². The minimum Gasteiger partial charge on any atom is -0.378 e. The van der Waals surface area contributed by atoms with E-state index in [1.165, 1.54) is 31.0 Å². The molecule has 168 valence electrons. The Balaban J connectivity index is 0.000000212. The van der Waals surface area contributed by atoms with E-state index in [2.05, 4.69) is 16.9 Å². The number of carbonyl (C=O) groups is 1. The number of aromatic nitrogens is 2. The third kappa shape index (κ3) is 5.78. The third-order valence-electron chi connectivity index (χ3n) is 6.68. The molecular weight excluding hydrogens is 402 g/mol. The SMILES string of the molecule is CCC[C@@H]1CC2CCC1C2.COCc1nc(C)ncc1C(=O)N1CCS(=O)(=O)CC1. The highest BCUT2D eigenvalue weighted by molar-refractivity contribution is 7.91. The van der Waals surface area contributed by atoms with Crippen LogP contribution in [0.1, 0.15) is 67.3 Å². The number of amides is 1. The lowest BCUT2D eigenvalue weighted by Gasteiger charge is -2.27. The van der Waals surface area contributed by atoms with Crippen LogP contribution in [0.3, 0.4) is 0 Å². The molecule has 2 bridgehead atoms. The fraction of sp³-hybridized carbons (Fsp3) is 0.773. The number of nitrogens with zero attached hydrogens (tertiary/aromatic N) is 3. The van der Waals surface area contributed by atoms with Gasteiger partial charge in [0.25, 0.3) is 5.91 Å². The summed E-state index contributed by atoms with van der Waals surface area (Å²) in [5.74, 6) is 3.79. The van der Waals surface area contributed by atoms with E-state index in [1.807, 2.05) is 0 Å². The summed E-state index contributed by atoms with van der Waals surface area (Å²) in [6.07, 6.45) is 10.7. The van der Waals surface area contributed by atoms with E-state index < -0.39 is 9.84 Å². The lowest BCUT2D eigenvalue weighted by Crippen LogP contribution is -2.44. The molecule has 1 aromatic rings. The van der Waals surface area contributed by atoms with Crippen LogP contribution in [0.5, 0.6) is 0 Å². The molecule has 0 aromatic carbocycles. The van der Waals surface area contributed by atoms with Crippen molar-refractivity contribution in [3.05, 3.63) is 23.3 Å². The van der Waals surface area contributed by atoms with Crippen molar-refractivity contribution in [1.29, 1.82) is 0 Å². The molecule has 3 atom stereocenters. The Labute approximate surface area is 180 Å². The van der Waals surface area contributed by atoms with E-state index in [9.17, 15) is 13.2 Å². The molecule has 0 N–H and O–H groups in total. The Morgan fingerprint density at radius 2 is 1.97 bits per heavy atom. The fourth-order valence-corrected chi connectivity index (χ4v) is 6.33. The molecule has 2 unspecified atom stereocenters. The van der Waals surface area contributed by atoms with Crippen LogP contribution in [-0.2, 0) is 21.2 Å². The average Bonchev–Trinajstić information content (AvgIpc) is 3.32. The first kappa shape index (κ1) is 23.1. The number of hydrogen-bond donors (Lipinski definition) is 0. The van der Waals surface area contributed by atoms with Gasteiger partial charge in [-0.1, -0.05) is 26.2 Å². The maximum atomic E-state index is 12.4. The van der Waals surface area contributed by atoms with E-state index >= 15 is 0 Å². The first-order valence-corrected chi connectivity index (χ1v) is 13.0. The molecular formula is C22H35N3O4S. The van der Waals surface area contributed by atoms with Crippen molar-refractivity contribution in [1.82, 2.24) is 14.9 Å². The normalized spacial score (nSPS) is 26.9. The second-order valence-corrected chi connectivity index (χ2v) is 11.2. The van der Waals surface area contributed by atoms with Crippen molar-refractivity contribution in [3.63, 3.8) is 0 Å². The van der Waals surface area contributed by atoms with Crippen LogP contribution in [0.25, 0.3) is 0 Å². The molecule has 30 heavy (non-hydrogen) atoms. The fourth-order valence-electron chi connectivity index (χ4n) is 5.13. The minimum atomic E-state index is -3.01. The number of aryl methyl sites for hydroxylation is 1. The van der Waals surface area contributed by atoms with E-state index in [0.717, 1.165) is 17.8 Å². The van der Waals surface area contributed by atoms with Crippen LogP contribution in [0.2, 0.25) is 0 Å². The van der Waals surface area contributed by atoms with Gasteiger partial charge in [0.15, 0.2) is 9.84 Å². The summed E-state index contributed by atoms with van der Waals surface area (Å²) in [4.78, 5) is 22.2. The molecule has 1 saturated heterocycles. The molecule has 1 aromatic heterocycles. The zero-order valence-corrected chi connectivity index (χ0v) is 19.3.